The summed E-state index contributed by atoms with van der Waals surface area (Å²) in [5.41, 5.74) is 2.36. The SMILES string of the molecule is Cc1ccc(S(=O)(=O)NC(CC(C)C)C(=O)NCCN2CCc3sccc3C2)cc1. The molecule has 2 N–H and O–H groups in total. The number of carbonyl (C=O) groups is 1. The average Bonchev–Trinajstić information content (AvgIpc) is 3.15. The van der Waals surface area contributed by atoms with Gasteiger partial charge in [0.05, 0.1) is 4.90 Å². The maximum absolute atomic E-state index is 12.8. The Kier molecular flexibility index (Phi) is 7.68. The summed E-state index contributed by atoms with van der Waals surface area (Å²) in [7, 11) is -3.76. The number of fused-ring (bicyclic) bond motifs is 1. The van der Waals surface area contributed by atoms with Crippen molar-refractivity contribution in [2.45, 2.75) is 51.1 Å². The number of nitrogens with one attached hydrogen (secondary N) is 2. The van der Waals surface area contributed by atoms with Gasteiger partial charge in [-0.1, -0.05) is 31.5 Å². The van der Waals surface area contributed by atoms with Gasteiger partial charge >= 0.3 is 0 Å². The number of nitrogens with zero attached hydrogens (tertiary/aromatic N) is 1. The normalized spacial score (nSPS) is 15.7. The van der Waals surface area contributed by atoms with Crippen LogP contribution in [0.25, 0.3) is 0 Å². The van der Waals surface area contributed by atoms with Crippen LogP contribution in [0.1, 0.15) is 36.3 Å². The van der Waals surface area contributed by atoms with E-state index in [1.165, 1.54) is 10.4 Å². The van der Waals surface area contributed by atoms with Crippen LogP contribution in [0, 0.1) is 12.8 Å². The zero-order valence-electron chi connectivity index (χ0n) is 17.8. The van der Waals surface area contributed by atoms with Gasteiger partial charge in [-0.3, -0.25) is 9.69 Å². The summed E-state index contributed by atoms with van der Waals surface area (Å²) >= 11 is 1.81. The summed E-state index contributed by atoms with van der Waals surface area (Å²) in [4.78, 5) is 16.7. The minimum Gasteiger partial charge on any atom is -0.353 e. The summed E-state index contributed by atoms with van der Waals surface area (Å²) in [6.45, 7) is 9.00. The molecule has 6 nitrogen and oxygen atoms in total. The molecule has 1 unspecified atom stereocenters. The van der Waals surface area contributed by atoms with Gasteiger partial charge in [-0.15, -0.1) is 11.3 Å². The van der Waals surface area contributed by atoms with E-state index in [-0.39, 0.29) is 16.7 Å². The molecule has 1 aliphatic rings. The highest BCUT2D eigenvalue weighted by Crippen LogP contribution is 2.23. The lowest BCUT2D eigenvalue weighted by Crippen LogP contribution is -2.49. The van der Waals surface area contributed by atoms with Crippen LogP contribution >= 0.6 is 11.3 Å². The second-order valence-corrected chi connectivity index (χ2v) is 11.0. The first-order valence-corrected chi connectivity index (χ1v) is 12.7. The third-order valence-corrected chi connectivity index (χ3v) is 7.78. The Morgan fingerprint density at radius 2 is 1.93 bits per heavy atom. The molecule has 30 heavy (non-hydrogen) atoms. The number of hydrogen-bond donors (Lipinski definition) is 2. The topological polar surface area (TPSA) is 78.5 Å². The first kappa shape index (κ1) is 22.9. The van der Waals surface area contributed by atoms with Crippen LogP contribution in [0.4, 0.5) is 0 Å². The van der Waals surface area contributed by atoms with Crippen LogP contribution in [0.2, 0.25) is 0 Å². The quantitative estimate of drug-likeness (QED) is 0.617. The van der Waals surface area contributed by atoms with Crippen molar-refractivity contribution in [2.75, 3.05) is 19.6 Å². The molecule has 1 aromatic heterocycles. The Bertz CT molecular complexity index is 952. The lowest BCUT2D eigenvalue weighted by Gasteiger charge is -2.27. The van der Waals surface area contributed by atoms with Gasteiger partial charge in [0.1, 0.15) is 6.04 Å². The van der Waals surface area contributed by atoms with Gasteiger partial charge in [0, 0.05) is 31.1 Å². The van der Waals surface area contributed by atoms with Gasteiger partial charge in [0.15, 0.2) is 0 Å². The molecule has 1 amide bonds. The molecule has 1 aliphatic heterocycles. The minimum atomic E-state index is -3.76. The van der Waals surface area contributed by atoms with Gasteiger partial charge in [0.2, 0.25) is 15.9 Å². The monoisotopic (exact) mass is 449 g/mol. The summed E-state index contributed by atoms with van der Waals surface area (Å²) in [5, 5.41) is 5.06. The Morgan fingerprint density at radius 3 is 2.63 bits per heavy atom. The maximum atomic E-state index is 12.8. The minimum absolute atomic E-state index is 0.175. The molecule has 3 rings (SSSR count). The lowest BCUT2D eigenvalue weighted by atomic mass is 10.0. The van der Waals surface area contributed by atoms with Crippen molar-refractivity contribution < 1.29 is 13.2 Å². The second-order valence-electron chi connectivity index (χ2n) is 8.30. The number of carbonyl (C=O) groups excluding carboxylic acids is 1. The molecule has 164 valence electrons. The molecule has 0 aliphatic carbocycles. The highest BCUT2D eigenvalue weighted by atomic mass is 32.2. The maximum Gasteiger partial charge on any atom is 0.241 e. The fraction of sp³-hybridized carbons (Fsp3) is 0.500. The van der Waals surface area contributed by atoms with Crippen molar-refractivity contribution in [3.63, 3.8) is 0 Å². The smallest absolute Gasteiger partial charge is 0.241 e. The number of sulfonamides is 1. The van der Waals surface area contributed by atoms with E-state index in [4.69, 9.17) is 0 Å². The number of hydrogen-bond acceptors (Lipinski definition) is 5. The predicted molar refractivity (Wildman–Crippen MR) is 121 cm³/mol. The first-order valence-electron chi connectivity index (χ1n) is 10.4. The summed E-state index contributed by atoms with van der Waals surface area (Å²) in [6.07, 6.45) is 1.49. The molecular weight excluding hydrogens is 418 g/mol. The van der Waals surface area contributed by atoms with Crippen molar-refractivity contribution in [1.29, 1.82) is 0 Å². The average molecular weight is 450 g/mol. The van der Waals surface area contributed by atoms with Crippen molar-refractivity contribution in [3.8, 4) is 0 Å². The van der Waals surface area contributed by atoms with Crippen LogP contribution in [-0.4, -0.2) is 44.9 Å². The van der Waals surface area contributed by atoms with Crippen LogP contribution in [0.15, 0.2) is 40.6 Å². The zero-order valence-corrected chi connectivity index (χ0v) is 19.5. The number of thiophene rings is 1. The molecule has 1 atom stereocenters. The molecule has 2 aromatic rings. The number of rotatable bonds is 9. The Labute approximate surface area is 183 Å². The first-order chi connectivity index (χ1) is 14.2. The molecule has 0 bridgehead atoms. The van der Waals surface area contributed by atoms with E-state index in [1.54, 1.807) is 24.3 Å². The van der Waals surface area contributed by atoms with Gasteiger partial charge in [-0.05, 0) is 54.8 Å². The van der Waals surface area contributed by atoms with E-state index in [0.717, 1.165) is 31.6 Å². The van der Waals surface area contributed by atoms with Gasteiger partial charge < -0.3 is 5.32 Å². The molecule has 0 spiro atoms. The van der Waals surface area contributed by atoms with E-state index in [1.807, 2.05) is 32.1 Å². The highest BCUT2D eigenvalue weighted by Gasteiger charge is 2.26. The Morgan fingerprint density at radius 1 is 1.20 bits per heavy atom. The second kappa shape index (κ2) is 10.0. The van der Waals surface area contributed by atoms with Crippen molar-refractivity contribution in [2.24, 2.45) is 5.92 Å². The van der Waals surface area contributed by atoms with Gasteiger partial charge in [-0.25, -0.2) is 8.42 Å². The highest BCUT2D eigenvalue weighted by molar-refractivity contribution is 7.89. The van der Waals surface area contributed by atoms with E-state index in [0.29, 0.717) is 13.0 Å². The Balaban J connectivity index is 1.56. The van der Waals surface area contributed by atoms with Gasteiger partial charge in [-0.2, -0.15) is 4.72 Å². The van der Waals surface area contributed by atoms with E-state index < -0.39 is 16.1 Å². The largest absolute Gasteiger partial charge is 0.353 e. The van der Waals surface area contributed by atoms with Crippen LogP contribution in [0.3, 0.4) is 0 Å². The molecular formula is C22H31N3O3S2. The standard InChI is InChI=1S/C22H31N3O3S2/c1-16(2)14-20(24-30(27,28)19-6-4-17(3)5-7-19)22(26)23-10-12-25-11-8-21-18(15-25)9-13-29-21/h4-7,9,13,16,20,24H,8,10-12,14-15H2,1-3H3,(H,23,26). The van der Waals surface area contributed by atoms with Gasteiger partial charge in [0.25, 0.3) is 0 Å². The fourth-order valence-electron chi connectivity index (χ4n) is 3.61. The van der Waals surface area contributed by atoms with E-state index in [2.05, 4.69) is 26.4 Å². The van der Waals surface area contributed by atoms with Crippen molar-refractivity contribution in [3.05, 3.63) is 51.7 Å². The summed E-state index contributed by atoms with van der Waals surface area (Å²) in [6, 6.07) is 8.02. The number of benzene rings is 1. The third kappa shape index (κ3) is 6.14. The van der Waals surface area contributed by atoms with E-state index >= 15 is 0 Å². The molecule has 0 radical (unpaired) electrons. The fourth-order valence-corrected chi connectivity index (χ4v) is 5.71. The summed E-state index contributed by atoms with van der Waals surface area (Å²) < 4.78 is 28.1. The van der Waals surface area contributed by atoms with Crippen LogP contribution in [0.5, 0.6) is 0 Å². The Hall–Kier alpha value is -1.74. The van der Waals surface area contributed by atoms with E-state index in [9.17, 15) is 13.2 Å². The summed E-state index contributed by atoms with van der Waals surface area (Å²) in [5.74, 6) is -0.0896. The third-order valence-electron chi connectivity index (χ3n) is 5.27. The molecule has 0 saturated heterocycles. The lowest BCUT2D eigenvalue weighted by molar-refractivity contribution is -0.123. The van der Waals surface area contributed by atoms with Crippen LogP contribution in [-0.2, 0) is 27.8 Å². The molecule has 8 heteroatoms. The number of amides is 1. The van der Waals surface area contributed by atoms with Crippen molar-refractivity contribution in [1.82, 2.24) is 14.9 Å². The molecule has 2 heterocycles. The predicted octanol–water partition coefficient (Wildman–Crippen LogP) is 2.92. The molecule has 0 saturated carbocycles. The van der Waals surface area contributed by atoms with Crippen LogP contribution < -0.4 is 10.0 Å². The number of aryl methyl sites for hydroxylation is 1. The molecule has 1 aromatic carbocycles. The molecule has 0 fully saturated rings. The van der Waals surface area contributed by atoms with Crippen molar-refractivity contribution >= 4 is 27.3 Å². The zero-order chi connectivity index (χ0) is 21.7.